The highest BCUT2D eigenvalue weighted by molar-refractivity contribution is 6.30. The van der Waals surface area contributed by atoms with Gasteiger partial charge in [0.25, 0.3) is 0 Å². The molecule has 0 radical (unpaired) electrons. The maximum absolute atomic E-state index is 16.1. The van der Waals surface area contributed by atoms with Crippen molar-refractivity contribution in [3.05, 3.63) is 58.7 Å². The minimum Gasteiger partial charge on any atom is -0.465 e. The van der Waals surface area contributed by atoms with E-state index in [1.807, 2.05) is 43.2 Å². The molecule has 5 fully saturated rings. The average Bonchev–Trinajstić information content (AvgIpc) is 3.63. The number of esters is 1. The minimum absolute atomic E-state index is 0.0517. The molecular weight excluding hydrogens is 585 g/mol. The highest BCUT2D eigenvalue weighted by atomic mass is 35.5. The van der Waals surface area contributed by atoms with E-state index in [4.69, 9.17) is 21.2 Å². The van der Waals surface area contributed by atoms with Gasteiger partial charge >= 0.3 is 5.97 Å². The first-order chi connectivity index (χ1) is 20.8. The smallest absolute Gasteiger partial charge is 0.309 e. The number of fused-ring (bicyclic) bond motifs is 7. The number of aliphatic hydroxyl groups excluding tert-OH is 1. The van der Waals surface area contributed by atoms with E-state index >= 15 is 4.39 Å². The number of nitrogens with zero attached hydrogens (tertiary/aromatic N) is 1. The van der Waals surface area contributed by atoms with Crippen molar-refractivity contribution in [3.8, 4) is 0 Å². The number of cyclic esters (lactones) is 1. The van der Waals surface area contributed by atoms with E-state index in [0.717, 1.165) is 5.56 Å². The molecule has 2 aliphatic heterocycles. The largest absolute Gasteiger partial charge is 0.465 e. The van der Waals surface area contributed by atoms with Crippen molar-refractivity contribution in [3.63, 3.8) is 0 Å². The van der Waals surface area contributed by atoms with Gasteiger partial charge in [-0.1, -0.05) is 50.6 Å². The lowest BCUT2D eigenvalue weighted by molar-refractivity contribution is -0.265. The summed E-state index contributed by atoms with van der Waals surface area (Å²) in [5.41, 5.74) is -2.10. The summed E-state index contributed by atoms with van der Waals surface area (Å²) in [6.45, 7) is 7.44. The normalized spacial score (nSPS) is 44.5. The lowest BCUT2D eigenvalue weighted by atomic mass is 9.39. The van der Waals surface area contributed by atoms with Gasteiger partial charge in [0.05, 0.1) is 18.6 Å². The number of ether oxygens (including phenoxy) is 1. The van der Waals surface area contributed by atoms with Crippen molar-refractivity contribution in [2.75, 3.05) is 13.2 Å². The molecule has 0 aromatic heterocycles. The van der Waals surface area contributed by atoms with Crippen LogP contribution in [-0.2, 0) is 30.5 Å². The second-order valence-corrected chi connectivity index (χ2v) is 15.1. The van der Waals surface area contributed by atoms with Gasteiger partial charge in [0.2, 0.25) is 0 Å². The number of rotatable bonds is 6. The Kier molecular flexibility index (Phi) is 7.09. The average molecular weight is 626 g/mol. The molecule has 10 atom stereocenters. The van der Waals surface area contributed by atoms with Gasteiger partial charge in [-0.3, -0.25) is 19.2 Å². The van der Waals surface area contributed by atoms with Crippen molar-refractivity contribution in [2.45, 2.75) is 83.7 Å². The lowest BCUT2D eigenvalue weighted by Gasteiger charge is -2.66. The molecule has 7 nitrogen and oxygen atoms in total. The zero-order chi connectivity index (χ0) is 31.2. The van der Waals surface area contributed by atoms with Crippen molar-refractivity contribution < 1.29 is 33.5 Å². The van der Waals surface area contributed by atoms with Crippen LogP contribution in [-0.4, -0.2) is 58.7 Å². The Balaban J connectivity index is 1.26. The number of benzene rings is 1. The van der Waals surface area contributed by atoms with Crippen LogP contribution in [0.25, 0.3) is 0 Å². The summed E-state index contributed by atoms with van der Waals surface area (Å²) in [6.07, 6.45) is 4.90. The highest BCUT2D eigenvalue weighted by Gasteiger charge is 2.77. The molecule has 0 amide bonds. The zero-order valence-electron chi connectivity index (χ0n) is 25.6. The first-order valence-electron chi connectivity index (χ1n) is 16.0. The van der Waals surface area contributed by atoms with Gasteiger partial charge in [-0.15, -0.1) is 0 Å². The van der Waals surface area contributed by atoms with E-state index in [1.54, 1.807) is 6.08 Å². The second-order valence-electron chi connectivity index (χ2n) is 14.7. The van der Waals surface area contributed by atoms with Gasteiger partial charge in [0.15, 0.2) is 17.2 Å². The number of alkyl halides is 1. The Hall–Kier alpha value is -2.39. The molecule has 2 saturated heterocycles. The van der Waals surface area contributed by atoms with Crippen molar-refractivity contribution in [1.29, 1.82) is 0 Å². The molecule has 236 valence electrons. The molecule has 0 bridgehead atoms. The molecule has 1 N–H and O–H groups in total. The molecule has 1 aromatic rings. The molecule has 1 unspecified atom stereocenters. The minimum atomic E-state index is -1.32. The van der Waals surface area contributed by atoms with Crippen LogP contribution < -0.4 is 0 Å². The molecule has 0 spiro atoms. The van der Waals surface area contributed by atoms with Crippen molar-refractivity contribution in [2.24, 2.45) is 39.9 Å². The summed E-state index contributed by atoms with van der Waals surface area (Å²) in [6, 6.07) is 7.55. The van der Waals surface area contributed by atoms with E-state index < -0.39 is 34.1 Å². The number of aliphatic hydroxyl groups is 1. The molecule has 44 heavy (non-hydrogen) atoms. The molecule has 4 aliphatic carbocycles. The molecule has 1 aromatic carbocycles. The maximum atomic E-state index is 16.1. The lowest BCUT2D eigenvalue weighted by Crippen LogP contribution is -2.67. The van der Waals surface area contributed by atoms with Gasteiger partial charge in [0, 0.05) is 46.7 Å². The van der Waals surface area contributed by atoms with Crippen LogP contribution in [0.15, 0.2) is 48.1 Å². The first-order valence-corrected chi connectivity index (χ1v) is 16.4. The zero-order valence-corrected chi connectivity index (χ0v) is 26.3. The molecule has 7 rings (SSSR count). The highest BCUT2D eigenvalue weighted by Crippen LogP contribution is 2.74. The van der Waals surface area contributed by atoms with E-state index in [0.29, 0.717) is 56.0 Å². The SMILES string of the molecule is C[C@]12[C@@H](O)C[C@@]3(C)[C@@H](C[C@H]4CN(Cc5ccc(Cl)cc5)O[C@]43C(=O)CCC3CCOC3=O)[C@@H]1C[C@H](F)C1=CC(=O)C=C[C@@]12C. The van der Waals surface area contributed by atoms with Gasteiger partial charge < -0.3 is 9.84 Å². The molecule has 2 heterocycles. The van der Waals surface area contributed by atoms with Gasteiger partial charge in [-0.05, 0) is 79.4 Å². The van der Waals surface area contributed by atoms with E-state index in [-0.39, 0.29) is 54.0 Å². The Labute approximate surface area is 262 Å². The molecule has 3 saturated carbocycles. The summed E-state index contributed by atoms with van der Waals surface area (Å²) in [5, 5.41) is 14.7. The number of Topliss-reactive ketones (excluding diaryl/α,β-unsaturated/α-hetero) is 1. The van der Waals surface area contributed by atoms with Crippen LogP contribution in [0.3, 0.4) is 0 Å². The van der Waals surface area contributed by atoms with Gasteiger partial charge in [0.1, 0.15) is 6.17 Å². The molecule has 6 aliphatic rings. The van der Waals surface area contributed by atoms with Crippen molar-refractivity contribution >= 4 is 29.1 Å². The number of hydrogen-bond donors (Lipinski definition) is 1. The maximum Gasteiger partial charge on any atom is 0.309 e. The van der Waals surface area contributed by atoms with Gasteiger partial charge in [-0.25, -0.2) is 4.39 Å². The first kappa shape index (κ1) is 30.3. The number of hydrogen-bond acceptors (Lipinski definition) is 7. The van der Waals surface area contributed by atoms with Crippen LogP contribution >= 0.6 is 11.6 Å². The number of hydroxylamine groups is 2. The Morgan fingerprint density at radius 1 is 1.14 bits per heavy atom. The third kappa shape index (κ3) is 4.06. The Morgan fingerprint density at radius 2 is 1.89 bits per heavy atom. The quantitative estimate of drug-likeness (QED) is 0.413. The van der Waals surface area contributed by atoms with Crippen LogP contribution in [0.4, 0.5) is 4.39 Å². The number of carbonyl (C=O) groups excluding carboxylic acids is 3. The number of halogens is 2. The van der Waals surface area contributed by atoms with Crippen LogP contribution in [0.1, 0.15) is 64.9 Å². The Bertz CT molecular complexity index is 1460. The van der Waals surface area contributed by atoms with Crippen molar-refractivity contribution in [1.82, 2.24) is 5.06 Å². The fourth-order valence-electron chi connectivity index (χ4n) is 10.4. The van der Waals surface area contributed by atoms with E-state index in [1.165, 1.54) is 12.2 Å². The van der Waals surface area contributed by atoms with E-state index in [2.05, 4.69) is 6.92 Å². The summed E-state index contributed by atoms with van der Waals surface area (Å²) in [7, 11) is 0. The van der Waals surface area contributed by atoms with Crippen LogP contribution in [0, 0.1) is 39.9 Å². The third-order valence-electron chi connectivity index (χ3n) is 12.9. The standard InChI is InChI=1S/C35H41ClFNO6/c1-32-12-10-24(39)15-27(32)28(37)16-26-25-14-22-19-38(18-20-4-7-23(36)8-5-20)44-35(22,33(25,2)17-30(41)34(26,32)3)29(40)9-6-21-11-13-43-31(21)42/h4-5,7-8,10,12,15,21-22,25-26,28,30,41H,6,9,11,13-14,16-19H2,1-3H3/t21?,22-,25-,26-,28-,30-,32-,33-,34+,35-/m0/s1. The fraction of sp³-hybridized carbons (Fsp3) is 0.629. The summed E-state index contributed by atoms with van der Waals surface area (Å²) in [4.78, 5) is 46.1. The predicted molar refractivity (Wildman–Crippen MR) is 161 cm³/mol. The predicted octanol–water partition coefficient (Wildman–Crippen LogP) is 5.58. The number of carbonyl (C=O) groups is 3. The summed E-state index contributed by atoms with van der Waals surface area (Å²) in [5.74, 6) is -1.31. The summed E-state index contributed by atoms with van der Waals surface area (Å²) < 4.78 is 21.3. The summed E-state index contributed by atoms with van der Waals surface area (Å²) >= 11 is 6.12. The number of ketones is 2. The van der Waals surface area contributed by atoms with Crippen LogP contribution in [0.5, 0.6) is 0 Å². The van der Waals surface area contributed by atoms with Crippen LogP contribution in [0.2, 0.25) is 5.02 Å². The Morgan fingerprint density at radius 3 is 2.59 bits per heavy atom. The van der Waals surface area contributed by atoms with Gasteiger partial charge in [-0.2, -0.15) is 5.06 Å². The van der Waals surface area contributed by atoms with E-state index in [9.17, 15) is 19.5 Å². The monoisotopic (exact) mass is 625 g/mol. The molecule has 9 heteroatoms. The number of allylic oxidation sites excluding steroid dienone is 4. The second kappa shape index (κ2) is 10.3. The fourth-order valence-corrected chi connectivity index (χ4v) is 10.5. The molecular formula is C35H41ClFNO6. The topological polar surface area (TPSA) is 93.1 Å². The third-order valence-corrected chi connectivity index (χ3v) is 13.1.